The fraction of sp³-hybridized carbons (Fsp3) is 0.500. The molecule has 0 spiro atoms. The van der Waals surface area contributed by atoms with Crippen molar-refractivity contribution in [3.05, 3.63) is 35.5 Å². The van der Waals surface area contributed by atoms with Crippen LogP contribution in [0, 0.1) is 0 Å². The van der Waals surface area contributed by atoms with Gasteiger partial charge in [-0.3, -0.25) is 0 Å². The van der Waals surface area contributed by atoms with E-state index in [0.717, 1.165) is 18.4 Å². The Morgan fingerprint density at radius 2 is 2.12 bits per heavy atom. The second-order valence-electron chi connectivity index (χ2n) is 4.64. The Hall–Kier alpha value is -1.54. The number of hydrogen-bond donors (Lipinski definition) is 2. The lowest BCUT2D eigenvalue weighted by Gasteiger charge is -2.08. The van der Waals surface area contributed by atoms with Crippen molar-refractivity contribution < 1.29 is 22.8 Å². The molecule has 0 unspecified atom stereocenters. The minimum absolute atomic E-state index is 0.226. The van der Waals surface area contributed by atoms with Crippen LogP contribution in [0.4, 0.5) is 13.2 Å². The van der Waals surface area contributed by atoms with Gasteiger partial charge < -0.3 is 15.4 Å². The van der Waals surface area contributed by atoms with Crippen molar-refractivity contribution in [2.45, 2.75) is 31.9 Å². The average Bonchev–Trinajstić information content (AvgIpc) is 2.81. The van der Waals surface area contributed by atoms with Crippen LogP contribution in [-0.2, 0) is 9.63 Å². The highest BCUT2D eigenvalue weighted by molar-refractivity contribution is 7.79. The number of thiol groups is 1. The second-order valence-corrected chi connectivity index (χ2v) is 4.64. The largest absolute Gasteiger partial charge is 0.416 e. The number of alkyl halides is 3. The molecular formula is C16H23F3N2O2S. The van der Waals surface area contributed by atoms with Gasteiger partial charge in [-0.15, -0.1) is 0 Å². The summed E-state index contributed by atoms with van der Waals surface area (Å²) in [7, 11) is 0. The SMILES string of the molecule is CS.NCCO/N=C(\CCCC=O)C1=CC=C(C(F)(F)F)C=CC1. The molecule has 0 amide bonds. The molecule has 0 bridgehead atoms. The molecule has 0 aliphatic heterocycles. The number of nitrogens with two attached hydrogens (primary N) is 1. The van der Waals surface area contributed by atoms with E-state index < -0.39 is 11.7 Å². The molecule has 0 heterocycles. The summed E-state index contributed by atoms with van der Waals surface area (Å²) in [4.78, 5) is 15.4. The van der Waals surface area contributed by atoms with E-state index in [1.165, 1.54) is 12.2 Å². The topological polar surface area (TPSA) is 64.7 Å². The molecule has 0 saturated heterocycles. The number of aldehydes is 1. The quantitative estimate of drug-likeness (QED) is 0.227. The van der Waals surface area contributed by atoms with E-state index in [1.54, 1.807) is 6.26 Å². The Morgan fingerprint density at radius 1 is 1.42 bits per heavy atom. The molecule has 0 aromatic heterocycles. The number of carbonyl (C=O) groups is 1. The van der Waals surface area contributed by atoms with Crippen molar-refractivity contribution in [1.82, 2.24) is 0 Å². The molecule has 136 valence electrons. The summed E-state index contributed by atoms with van der Waals surface area (Å²) in [5.41, 5.74) is 5.77. The van der Waals surface area contributed by atoms with Crippen LogP contribution in [0.1, 0.15) is 25.7 Å². The number of allylic oxidation sites excluding steroid dienone is 6. The Bertz CT molecular complexity index is 498. The molecule has 24 heavy (non-hydrogen) atoms. The molecule has 8 heteroatoms. The minimum atomic E-state index is -4.38. The van der Waals surface area contributed by atoms with E-state index >= 15 is 0 Å². The molecule has 0 aromatic rings. The number of rotatable bonds is 8. The van der Waals surface area contributed by atoms with Gasteiger partial charge in [-0.2, -0.15) is 25.8 Å². The maximum absolute atomic E-state index is 12.7. The highest BCUT2D eigenvalue weighted by atomic mass is 32.1. The predicted octanol–water partition coefficient (Wildman–Crippen LogP) is 3.61. The monoisotopic (exact) mass is 364 g/mol. The Labute approximate surface area is 145 Å². The number of carbonyl (C=O) groups excluding carboxylic acids is 1. The minimum Gasteiger partial charge on any atom is -0.394 e. The lowest BCUT2D eigenvalue weighted by atomic mass is 10.0. The third-order valence-electron chi connectivity index (χ3n) is 2.92. The van der Waals surface area contributed by atoms with Crippen LogP contribution in [-0.4, -0.2) is 37.6 Å². The zero-order valence-electron chi connectivity index (χ0n) is 13.6. The van der Waals surface area contributed by atoms with Gasteiger partial charge in [-0.25, -0.2) is 0 Å². The Morgan fingerprint density at radius 3 is 2.71 bits per heavy atom. The molecule has 4 nitrogen and oxygen atoms in total. The normalized spacial score (nSPS) is 14.8. The first-order valence-electron chi connectivity index (χ1n) is 7.41. The zero-order chi connectivity index (χ0) is 18.4. The average molecular weight is 364 g/mol. The van der Waals surface area contributed by atoms with E-state index in [-0.39, 0.29) is 6.61 Å². The van der Waals surface area contributed by atoms with Crippen molar-refractivity contribution in [3.63, 3.8) is 0 Å². The van der Waals surface area contributed by atoms with Gasteiger partial charge in [0, 0.05) is 13.0 Å². The van der Waals surface area contributed by atoms with Gasteiger partial charge in [0.05, 0.1) is 11.3 Å². The third-order valence-corrected chi connectivity index (χ3v) is 2.92. The summed E-state index contributed by atoms with van der Waals surface area (Å²) in [5.74, 6) is 0. The van der Waals surface area contributed by atoms with Crippen LogP contribution in [0.25, 0.3) is 0 Å². The van der Waals surface area contributed by atoms with E-state index in [0.29, 0.717) is 43.5 Å². The van der Waals surface area contributed by atoms with E-state index in [1.807, 2.05) is 0 Å². The molecular weight excluding hydrogens is 341 g/mol. The zero-order valence-corrected chi connectivity index (χ0v) is 14.4. The molecule has 1 aliphatic rings. The van der Waals surface area contributed by atoms with Crippen molar-refractivity contribution in [2.75, 3.05) is 19.4 Å². The molecule has 0 aromatic carbocycles. The van der Waals surface area contributed by atoms with Gasteiger partial charge in [-0.1, -0.05) is 23.4 Å². The first-order chi connectivity index (χ1) is 11.5. The summed E-state index contributed by atoms with van der Waals surface area (Å²) in [6, 6.07) is 0. The Kier molecular flexibility index (Phi) is 12.0. The van der Waals surface area contributed by atoms with Crippen molar-refractivity contribution in [1.29, 1.82) is 0 Å². The molecule has 1 aliphatic carbocycles. The number of hydrogen-bond acceptors (Lipinski definition) is 5. The molecule has 0 saturated carbocycles. The van der Waals surface area contributed by atoms with Crippen LogP contribution in [0.3, 0.4) is 0 Å². The first kappa shape index (κ1) is 22.5. The fourth-order valence-electron chi connectivity index (χ4n) is 1.82. The van der Waals surface area contributed by atoms with Gasteiger partial charge in [0.2, 0.25) is 0 Å². The summed E-state index contributed by atoms with van der Waals surface area (Å²) in [6.07, 6.45) is 4.72. The molecule has 0 radical (unpaired) electrons. The van der Waals surface area contributed by atoms with Crippen molar-refractivity contribution in [2.24, 2.45) is 10.9 Å². The van der Waals surface area contributed by atoms with Gasteiger partial charge >= 0.3 is 6.18 Å². The van der Waals surface area contributed by atoms with E-state index in [2.05, 4.69) is 17.8 Å². The standard InChI is InChI=1S/C15H19F3N2O2.CH4S/c16-15(17,18)13-5-3-4-12(7-8-13)14(6-1-2-10-21)20-22-11-9-19;1-2/h3,5,7-8,10H,1-2,4,6,9,11,19H2;2H,1H3/b20-14+;. The summed E-state index contributed by atoms with van der Waals surface area (Å²) in [5, 5.41) is 3.95. The second kappa shape index (κ2) is 12.8. The summed E-state index contributed by atoms with van der Waals surface area (Å²) >= 11 is 3.53. The smallest absolute Gasteiger partial charge is 0.394 e. The third kappa shape index (κ3) is 8.93. The lowest BCUT2D eigenvalue weighted by molar-refractivity contribution is -0.107. The van der Waals surface area contributed by atoms with Crippen molar-refractivity contribution in [3.8, 4) is 0 Å². The van der Waals surface area contributed by atoms with Crippen molar-refractivity contribution >= 4 is 24.6 Å². The van der Waals surface area contributed by atoms with Crippen LogP contribution < -0.4 is 5.73 Å². The van der Waals surface area contributed by atoms with E-state index in [9.17, 15) is 18.0 Å². The van der Waals surface area contributed by atoms with Crippen LogP contribution >= 0.6 is 12.6 Å². The Balaban J connectivity index is 0.00000254. The molecule has 0 atom stereocenters. The number of nitrogens with zero attached hydrogens (tertiary/aromatic N) is 1. The van der Waals surface area contributed by atoms with E-state index in [4.69, 9.17) is 10.6 Å². The maximum atomic E-state index is 12.7. The van der Waals surface area contributed by atoms with Gasteiger partial charge in [0.15, 0.2) is 0 Å². The predicted molar refractivity (Wildman–Crippen MR) is 93.2 cm³/mol. The summed E-state index contributed by atoms with van der Waals surface area (Å²) < 4.78 is 38.1. The van der Waals surface area contributed by atoms with Gasteiger partial charge in [-0.05, 0) is 37.2 Å². The van der Waals surface area contributed by atoms with Gasteiger partial charge in [0.25, 0.3) is 0 Å². The number of oxime groups is 1. The fourth-order valence-corrected chi connectivity index (χ4v) is 1.82. The van der Waals surface area contributed by atoms with Gasteiger partial charge in [0.1, 0.15) is 12.9 Å². The molecule has 0 fully saturated rings. The summed E-state index contributed by atoms with van der Waals surface area (Å²) in [6.45, 7) is 0.520. The molecule has 1 rings (SSSR count). The van der Waals surface area contributed by atoms with Crippen LogP contribution in [0.5, 0.6) is 0 Å². The molecule has 2 N–H and O–H groups in total. The first-order valence-corrected chi connectivity index (χ1v) is 8.30. The number of unbranched alkanes of at least 4 members (excludes halogenated alkanes) is 1. The maximum Gasteiger partial charge on any atom is 0.416 e. The lowest BCUT2D eigenvalue weighted by Crippen LogP contribution is -2.09. The highest BCUT2D eigenvalue weighted by Crippen LogP contribution is 2.29. The number of halogens is 3. The van der Waals surface area contributed by atoms with Crippen LogP contribution in [0.2, 0.25) is 0 Å². The van der Waals surface area contributed by atoms with Crippen LogP contribution in [0.15, 0.2) is 40.6 Å². The highest BCUT2D eigenvalue weighted by Gasteiger charge is 2.31.